The van der Waals surface area contributed by atoms with Crippen LogP contribution in [0.4, 0.5) is 0 Å². The molecule has 0 rings (SSSR count). The molecule has 0 saturated carbocycles. The molecule has 0 amide bonds. The molecule has 0 atom stereocenters. The Morgan fingerprint density at radius 2 is 1.90 bits per heavy atom. The Kier molecular flexibility index (Phi) is 7.28. The molecule has 0 spiro atoms. The Morgan fingerprint density at radius 3 is 2.30 bits per heavy atom. The Balaban J connectivity index is 3.09. The van der Waals surface area contributed by atoms with Gasteiger partial charge in [-0.05, 0) is 0 Å². The number of rotatable bonds is 6. The second-order valence-corrected chi connectivity index (χ2v) is 2.87. The highest BCUT2D eigenvalue weighted by Gasteiger charge is 2.02. The molecule has 0 aliphatic rings. The fraction of sp³-hybridized carbons (Fsp3) is 1.00. The average molecular weight is 164 g/mol. The lowest BCUT2D eigenvalue weighted by molar-refractivity contribution is -0.110. The highest BCUT2D eigenvalue weighted by Crippen LogP contribution is 1.96. The van der Waals surface area contributed by atoms with Crippen LogP contribution >= 0.6 is 0 Å². The average Bonchev–Trinajstić information content (AvgIpc) is 1.99. The first-order chi connectivity index (χ1) is 4.85. The highest BCUT2D eigenvalue weighted by molar-refractivity contribution is 6.24. The van der Waals surface area contributed by atoms with Gasteiger partial charge in [0.15, 0.2) is 16.1 Å². The largest absolute Gasteiger partial charge is 0.424 e. The van der Waals surface area contributed by atoms with Crippen molar-refractivity contribution < 1.29 is 13.9 Å². The van der Waals surface area contributed by atoms with Gasteiger partial charge >= 0.3 is 0 Å². The topological polar surface area (TPSA) is 27.7 Å². The van der Waals surface area contributed by atoms with Crippen LogP contribution in [0.2, 0.25) is 6.55 Å². The Bertz CT molecular complexity index is 66.0. The summed E-state index contributed by atoms with van der Waals surface area (Å²) in [4.78, 5) is 0. The van der Waals surface area contributed by atoms with Crippen molar-refractivity contribution in [2.24, 2.45) is 0 Å². The van der Waals surface area contributed by atoms with E-state index >= 15 is 0 Å². The molecule has 3 nitrogen and oxygen atoms in total. The maximum Gasteiger partial charge on any atom is 0.158 e. The monoisotopic (exact) mass is 164 g/mol. The van der Waals surface area contributed by atoms with Crippen LogP contribution < -0.4 is 0 Å². The molecular weight excluding hydrogens is 148 g/mol. The van der Waals surface area contributed by atoms with E-state index in [2.05, 4.69) is 6.55 Å². The maximum atomic E-state index is 5.25. The summed E-state index contributed by atoms with van der Waals surface area (Å²) in [6.07, 6.45) is 0.731. The molecular formula is C6H16O3Si. The minimum atomic E-state index is -0.255. The fourth-order valence-electron chi connectivity index (χ4n) is 0.656. The van der Waals surface area contributed by atoms with E-state index in [1.165, 1.54) is 0 Å². The quantitative estimate of drug-likeness (QED) is 0.317. The summed E-state index contributed by atoms with van der Waals surface area (Å²) < 4.78 is 15.2. The van der Waals surface area contributed by atoms with Crippen LogP contribution in [0.3, 0.4) is 0 Å². The Labute approximate surface area is 64.6 Å². The molecule has 62 valence electrons. The minimum Gasteiger partial charge on any atom is -0.424 e. The predicted molar refractivity (Wildman–Crippen MR) is 42.8 cm³/mol. The molecule has 0 saturated heterocycles. The first-order valence-electron chi connectivity index (χ1n) is 3.48. The molecule has 4 heteroatoms. The zero-order chi connectivity index (χ0) is 7.82. The number of hydrogen-bond donors (Lipinski definition) is 0. The van der Waals surface area contributed by atoms with E-state index in [4.69, 9.17) is 13.9 Å². The van der Waals surface area contributed by atoms with E-state index in [1.54, 1.807) is 14.2 Å². The minimum absolute atomic E-state index is 0.0967. The van der Waals surface area contributed by atoms with Gasteiger partial charge in [0.2, 0.25) is 0 Å². The molecule has 0 fully saturated rings. The second-order valence-electron chi connectivity index (χ2n) is 1.89. The Hall–Kier alpha value is 0.0969. The van der Waals surface area contributed by atoms with E-state index < -0.39 is 0 Å². The van der Waals surface area contributed by atoms with Crippen LogP contribution in [0.5, 0.6) is 0 Å². The van der Waals surface area contributed by atoms with E-state index in [1.807, 2.05) is 0 Å². The molecule has 0 aromatic heterocycles. The second kappa shape index (κ2) is 7.21. The van der Waals surface area contributed by atoms with Crippen LogP contribution in [0.15, 0.2) is 0 Å². The standard InChI is InChI=1S/C6H16O3Si/c1-7-6(8-2)4-5-9-10-3/h6H,4-5,10H2,1-3H3. The van der Waals surface area contributed by atoms with Gasteiger partial charge in [0, 0.05) is 27.2 Å². The van der Waals surface area contributed by atoms with Gasteiger partial charge in [0.05, 0.1) is 0 Å². The fourth-order valence-corrected chi connectivity index (χ4v) is 1.11. The molecule has 0 aromatic carbocycles. The van der Waals surface area contributed by atoms with Crippen LogP contribution in [-0.4, -0.2) is 36.9 Å². The van der Waals surface area contributed by atoms with E-state index in [0.29, 0.717) is 0 Å². The number of hydrogen-bond acceptors (Lipinski definition) is 3. The van der Waals surface area contributed by atoms with Gasteiger partial charge in [0.25, 0.3) is 0 Å². The summed E-state index contributed by atoms with van der Waals surface area (Å²) in [5, 5.41) is 0. The van der Waals surface area contributed by atoms with Gasteiger partial charge in [-0.15, -0.1) is 0 Å². The van der Waals surface area contributed by atoms with E-state index in [0.717, 1.165) is 13.0 Å². The van der Waals surface area contributed by atoms with Gasteiger partial charge in [-0.25, -0.2) is 0 Å². The molecule has 0 aliphatic carbocycles. The molecule has 0 radical (unpaired) electrons. The van der Waals surface area contributed by atoms with Crippen molar-refractivity contribution in [2.45, 2.75) is 19.3 Å². The van der Waals surface area contributed by atoms with Gasteiger partial charge in [-0.1, -0.05) is 6.55 Å². The first kappa shape index (κ1) is 10.1. The summed E-state index contributed by atoms with van der Waals surface area (Å²) in [7, 11) is 3.02. The smallest absolute Gasteiger partial charge is 0.158 e. The highest BCUT2D eigenvalue weighted by atomic mass is 28.2. The molecule has 0 aromatic rings. The zero-order valence-electron chi connectivity index (χ0n) is 6.92. The van der Waals surface area contributed by atoms with Crippen LogP contribution in [-0.2, 0) is 13.9 Å². The maximum absolute atomic E-state index is 5.25. The Morgan fingerprint density at radius 1 is 1.30 bits per heavy atom. The van der Waals surface area contributed by atoms with Crippen molar-refractivity contribution in [2.75, 3.05) is 20.8 Å². The van der Waals surface area contributed by atoms with Crippen molar-refractivity contribution in [3.8, 4) is 0 Å². The zero-order valence-corrected chi connectivity index (χ0v) is 8.34. The van der Waals surface area contributed by atoms with E-state index in [-0.39, 0.29) is 16.1 Å². The van der Waals surface area contributed by atoms with Crippen molar-refractivity contribution in [1.29, 1.82) is 0 Å². The number of ether oxygens (including phenoxy) is 2. The van der Waals surface area contributed by atoms with Gasteiger partial charge in [-0.3, -0.25) is 0 Å². The molecule has 10 heavy (non-hydrogen) atoms. The lowest BCUT2D eigenvalue weighted by Gasteiger charge is -2.12. The third-order valence-electron chi connectivity index (χ3n) is 1.23. The summed E-state index contributed by atoms with van der Waals surface area (Å²) in [6, 6.07) is 0. The molecule has 0 N–H and O–H groups in total. The molecule has 0 bridgehead atoms. The summed E-state index contributed by atoms with van der Waals surface area (Å²) in [5.74, 6) is 0. The lowest BCUT2D eigenvalue weighted by atomic mass is 10.4. The normalized spacial score (nSPS) is 12.0. The van der Waals surface area contributed by atoms with Gasteiger partial charge < -0.3 is 13.9 Å². The van der Waals surface area contributed by atoms with Crippen LogP contribution in [0.1, 0.15) is 6.42 Å². The van der Waals surface area contributed by atoms with Crippen molar-refractivity contribution >= 4 is 9.76 Å². The molecule has 0 aliphatic heterocycles. The van der Waals surface area contributed by atoms with Gasteiger partial charge in [0.1, 0.15) is 0 Å². The van der Waals surface area contributed by atoms with Crippen molar-refractivity contribution in [1.82, 2.24) is 0 Å². The summed E-state index contributed by atoms with van der Waals surface area (Å²) in [6.45, 7) is 2.86. The van der Waals surface area contributed by atoms with Gasteiger partial charge in [-0.2, -0.15) is 0 Å². The first-order valence-corrected chi connectivity index (χ1v) is 5.47. The third-order valence-corrected chi connectivity index (χ3v) is 1.92. The lowest BCUT2D eigenvalue weighted by Crippen LogP contribution is -2.15. The van der Waals surface area contributed by atoms with Crippen molar-refractivity contribution in [3.05, 3.63) is 0 Å². The van der Waals surface area contributed by atoms with Crippen LogP contribution in [0.25, 0.3) is 0 Å². The molecule has 0 unspecified atom stereocenters. The predicted octanol–water partition coefficient (Wildman–Crippen LogP) is 0.144. The third kappa shape index (κ3) is 4.93. The summed E-state index contributed by atoms with van der Waals surface area (Å²) in [5.41, 5.74) is 0. The van der Waals surface area contributed by atoms with Crippen LogP contribution in [0, 0.1) is 0 Å². The number of methoxy groups -OCH3 is 2. The molecule has 0 heterocycles. The summed E-state index contributed by atoms with van der Waals surface area (Å²) >= 11 is 0. The van der Waals surface area contributed by atoms with Crippen molar-refractivity contribution in [3.63, 3.8) is 0 Å². The SMILES string of the molecule is COC(CCO[SiH2]C)OC. The van der Waals surface area contributed by atoms with E-state index in [9.17, 15) is 0 Å².